The van der Waals surface area contributed by atoms with Gasteiger partial charge < -0.3 is 5.73 Å². The molecule has 0 aliphatic carbocycles. The van der Waals surface area contributed by atoms with Gasteiger partial charge in [-0.15, -0.1) is 0 Å². The lowest BCUT2D eigenvalue weighted by atomic mass is 10.2. The molecule has 1 heterocycles. The molecule has 2 N–H and O–H groups in total. The third-order valence-corrected chi connectivity index (χ3v) is 3.49. The molecule has 4 heteroatoms. The summed E-state index contributed by atoms with van der Waals surface area (Å²) in [7, 11) is 0. The minimum atomic E-state index is 0.331. The molecular formula is C13H15N3S. The fourth-order valence-electron chi connectivity index (χ4n) is 1.64. The number of nitrogen functional groups attached to an aromatic ring is 1. The number of rotatable bonds is 2. The zero-order valence-electron chi connectivity index (χ0n) is 10.2. The average Bonchev–Trinajstić information content (AvgIpc) is 2.21. The van der Waals surface area contributed by atoms with E-state index in [2.05, 4.69) is 42.0 Å². The zero-order valence-corrected chi connectivity index (χ0v) is 11.0. The predicted octanol–water partition coefficient (Wildman–Crippen LogP) is 3.14. The molecule has 88 valence electrons. The van der Waals surface area contributed by atoms with E-state index >= 15 is 0 Å². The first-order chi connectivity index (χ1) is 8.04. The average molecular weight is 245 g/mol. The first-order valence-electron chi connectivity index (χ1n) is 5.41. The van der Waals surface area contributed by atoms with E-state index in [1.165, 1.54) is 16.0 Å². The highest BCUT2D eigenvalue weighted by Gasteiger charge is 2.04. The highest BCUT2D eigenvalue weighted by Crippen LogP contribution is 2.29. The zero-order chi connectivity index (χ0) is 12.4. The Morgan fingerprint density at radius 1 is 1.06 bits per heavy atom. The van der Waals surface area contributed by atoms with Crippen molar-refractivity contribution < 1.29 is 0 Å². The number of aryl methyl sites for hydroxylation is 3. The number of aromatic nitrogens is 2. The molecule has 0 atom stereocenters. The largest absolute Gasteiger partial charge is 0.368 e. The van der Waals surface area contributed by atoms with Crippen LogP contribution < -0.4 is 5.73 Å². The van der Waals surface area contributed by atoms with Crippen molar-refractivity contribution in [3.05, 3.63) is 41.1 Å². The number of nitrogens with two attached hydrogens (primary N) is 1. The lowest BCUT2D eigenvalue weighted by molar-refractivity contribution is 1.02. The Morgan fingerprint density at radius 3 is 2.47 bits per heavy atom. The SMILES string of the molecule is Cc1ccc(Sc2cc(C)nc(N)n2)c(C)c1. The number of benzene rings is 1. The van der Waals surface area contributed by atoms with E-state index in [0.29, 0.717) is 5.95 Å². The van der Waals surface area contributed by atoms with E-state index < -0.39 is 0 Å². The van der Waals surface area contributed by atoms with Crippen molar-refractivity contribution in [3.63, 3.8) is 0 Å². The summed E-state index contributed by atoms with van der Waals surface area (Å²) >= 11 is 1.62. The molecule has 0 unspecified atom stereocenters. The third kappa shape index (κ3) is 2.97. The van der Waals surface area contributed by atoms with Gasteiger partial charge in [-0.25, -0.2) is 9.97 Å². The summed E-state index contributed by atoms with van der Waals surface area (Å²) in [6.07, 6.45) is 0. The van der Waals surface area contributed by atoms with Crippen LogP contribution in [0.2, 0.25) is 0 Å². The second-order valence-electron chi connectivity index (χ2n) is 4.08. The summed E-state index contributed by atoms with van der Waals surface area (Å²) in [5.74, 6) is 0.331. The first kappa shape index (κ1) is 11.9. The van der Waals surface area contributed by atoms with Gasteiger partial charge in [0.2, 0.25) is 5.95 Å². The molecule has 2 aromatic rings. The lowest BCUT2D eigenvalue weighted by Crippen LogP contribution is -1.97. The summed E-state index contributed by atoms with van der Waals surface area (Å²) < 4.78 is 0. The number of nitrogens with zero attached hydrogens (tertiary/aromatic N) is 2. The predicted molar refractivity (Wildman–Crippen MR) is 71.2 cm³/mol. The molecule has 2 rings (SSSR count). The Balaban J connectivity index is 2.31. The van der Waals surface area contributed by atoms with Crippen LogP contribution in [0.25, 0.3) is 0 Å². The fourth-order valence-corrected chi connectivity index (χ4v) is 2.59. The molecule has 0 aliphatic rings. The monoisotopic (exact) mass is 245 g/mol. The van der Waals surface area contributed by atoms with E-state index in [1.807, 2.05) is 13.0 Å². The van der Waals surface area contributed by atoms with Crippen molar-refractivity contribution in [1.82, 2.24) is 9.97 Å². The minimum Gasteiger partial charge on any atom is -0.368 e. The summed E-state index contributed by atoms with van der Waals surface area (Å²) in [5, 5.41) is 0.891. The summed E-state index contributed by atoms with van der Waals surface area (Å²) in [6, 6.07) is 8.33. The van der Waals surface area contributed by atoms with Gasteiger partial charge in [0.1, 0.15) is 5.03 Å². The Hall–Kier alpha value is -1.55. The van der Waals surface area contributed by atoms with Crippen LogP contribution in [0.5, 0.6) is 0 Å². The second kappa shape index (κ2) is 4.75. The van der Waals surface area contributed by atoms with E-state index in [4.69, 9.17) is 5.73 Å². The van der Waals surface area contributed by atoms with Crippen LogP contribution in [0.4, 0.5) is 5.95 Å². The van der Waals surface area contributed by atoms with E-state index in [9.17, 15) is 0 Å². The van der Waals surface area contributed by atoms with Crippen molar-refractivity contribution in [2.45, 2.75) is 30.7 Å². The van der Waals surface area contributed by atoms with Gasteiger partial charge >= 0.3 is 0 Å². The Morgan fingerprint density at radius 2 is 1.82 bits per heavy atom. The van der Waals surface area contributed by atoms with Crippen LogP contribution >= 0.6 is 11.8 Å². The maximum absolute atomic E-state index is 5.64. The molecule has 0 amide bonds. The molecule has 0 fully saturated rings. The van der Waals surface area contributed by atoms with Gasteiger partial charge in [0.05, 0.1) is 0 Å². The van der Waals surface area contributed by atoms with Gasteiger partial charge in [-0.2, -0.15) is 0 Å². The van der Waals surface area contributed by atoms with Gasteiger partial charge in [-0.3, -0.25) is 0 Å². The highest BCUT2D eigenvalue weighted by molar-refractivity contribution is 7.99. The van der Waals surface area contributed by atoms with Gasteiger partial charge in [0.25, 0.3) is 0 Å². The number of hydrogen-bond donors (Lipinski definition) is 1. The first-order valence-corrected chi connectivity index (χ1v) is 6.22. The smallest absolute Gasteiger partial charge is 0.221 e. The third-order valence-electron chi connectivity index (χ3n) is 2.39. The normalized spacial score (nSPS) is 10.5. The molecule has 0 saturated carbocycles. The fraction of sp³-hybridized carbons (Fsp3) is 0.231. The van der Waals surface area contributed by atoms with E-state index in [1.54, 1.807) is 11.8 Å². The van der Waals surface area contributed by atoms with Crippen LogP contribution in [-0.4, -0.2) is 9.97 Å². The van der Waals surface area contributed by atoms with Gasteiger partial charge in [0, 0.05) is 10.6 Å². The molecule has 0 spiro atoms. The van der Waals surface area contributed by atoms with Crippen LogP contribution in [-0.2, 0) is 0 Å². The van der Waals surface area contributed by atoms with Crippen LogP contribution in [0.15, 0.2) is 34.2 Å². The van der Waals surface area contributed by atoms with Crippen molar-refractivity contribution in [3.8, 4) is 0 Å². The molecule has 1 aromatic heterocycles. The van der Waals surface area contributed by atoms with E-state index in [-0.39, 0.29) is 0 Å². The van der Waals surface area contributed by atoms with Crippen LogP contribution in [0, 0.1) is 20.8 Å². The van der Waals surface area contributed by atoms with Gasteiger partial charge in [-0.1, -0.05) is 29.5 Å². The van der Waals surface area contributed by atoms with Crippen LogP contribution in [0.1, 0.15) is 16.8 Å². The summed E-state index contributed by atoms with van der Waals surface area (Å²) in [4.78, 5) is 9.49. The molecule has 0 aliphatic heterocycles. The standard InChI is InChI=1S/C13H15N3S/c1-8-4-5-11(9(2)6-8)17-12-7-10(3)15-13(14)16-12/h4-7H,1-3H3,(H2,14,15,16). The molecular weight excluding hydrogens is 230 g/mol. The van der Waals surface area contributed by atoms with E-state index in [0.717, 1.165) is 10.7 Å². The van der Waals surface area contributed by atoms with Crippen molar-refractivity contribution in [2.75, 3.05) is 5.73 Å². The molecule has 3 nitrogen and oxygen atoms in total. The van der Waals surface area contributed by atoms with Crippen LogP contribution in [0.3, 0.4) is 0 Å². The minimum absolute atomic E-state index is 0.331. The lowest BCUT2D eigenvalue weighted by Gasteiger charge is -2.06. The quantitative estimate of drug-likeness (QED) is 0.826. The maximum Gasteiger partial charge on any atom is 0.221 e. The highest BCUT2D eigenvalue weighted by atomic mass is 32.2. The molecule has 0 saturated heterocycles. The molecule has 0 radical (unpaired) electrons. The molecule has 1 aromatic carbocycles. The van der Waals surface area contributed by atoms with Gasteiger partial charge in [0.15, 0.2) is 0 Å². The van der Waals surface area contributed by atoms with Crippen molar-refractivity contribution in [2.24, 2.45) is 0 Å². The molecule has 17 heavy (non-hydrogen) atoms. The Bertz CT molecular complexity index is 532. The number of anilines is 1. The second-order valence-corrected chi connectivity index (χ2v) is 5.14. The maximum atomic E-state index is 5.64. The van der Waals surface area contributed by atoms with Gasteiger partial charge in [-0.05, 0) is 38.5 Å². The summed E-state index contributed by atoms with van der Waals surface area (Å²) in [6.45, 7) is 6.12. The van der Waals surface area contributed by atoms with Crippen molar-refractivity contribution in [1.29, 1.82) is 0 Å². The molecule has 0 bridgehead atoms. The van der Waals surface area contributed by atoms with Crippen molar-refractivity contribution >= 4 is 17.7 Å². The Kier molecular flexibility index (Phi) is 3.33. The number of hydrogen-bond acceptors (Lipinski definition) is 4. The topological polar surface area (TPSA) is 51.8 Å². The Labute approximate surface area is 105 Å². The summed E-state index contributed by atoms with van der Waals surface area (Å²) in [5.41, 5.74) is 9.06.